The van der Waals surface area contributed by atoms with Gasteiger partial charge in [-0.15, -0.1) is 0 Å². The maximum Gasteiger partial charge on any atom is 0.251 e. The minimum atomic E-state index is -0.459. The van der Waals surface area contributed by atoms with Crippen LogP contribution in [0.4, 0.5) is 0 Å². The van der Waals surface area contributed by atoms with Gasteiger partial charge in [0.05, 0.1) is 11.8 Å². The lowest BCUT2D eigenvalue weighted by molar-refractivity contribution is 0.100. The summed E-state index contributed by atoms with van der Waals surface area (Å²) >= 11 is 0. The summed E-state index contributed by atoms with van der Waals surface area (Å²) < 4.78 is 0. The van der Waals surface area contributed by atoms with Crippen LogP contribution in [0.15, 0.2) is 12.4 Å². The van der Waals surface area contributed by atoms with Gasteiger partial charge in [-0.3, -0.25) is 9.89 Å². The first-order valence-electron chi connectivity index (χ1n) is 5.17. The number of nitrogens with two attached hydrogens (primary N) is 1. The van der Waals surface area contributed by atoms with Crippen LogP contribution in [0.2, 0.25) is 0 Å². The van der Waals surface area contributed by atoms with E-state index in [-0.39, 0.29) is 0 Å². The average Bonchev–Trinajstić information content (AvgIpc) is 2.72. The van der Waals surface area contributed by atoms with Gasteiger partial charge in [-0.1, -0.05) is 6.42 Å². The number of rotatable bonds is 1. The third-order valence-corrected chi connectivity index (χ3v) is 2.36. The third-order valence-electron chi connectivity index (χ3n) is 2.36. The highest BCUT2D eigenvalue weighted by Gasteiger charge is 2.02. The van der Waals surface area contributed by atoms with Crippen LogP contribution in [-0.4, -0.2) is 41.1 Å². The number of amides is 1. The predicted molar refractivity (Wildman–Crippen MR) is 58.5 cm³/mol. The second-order valence-corrected chi connectivity index (χ2v) is 3.72. The van der Waals surface area contributed by atoms with Crippen molar-refractivity contribution >= 4 is 5.91 Å². The Kier molecular flexibility index (Phi) is 4.83. The first-order chi connectivity index (χ1) is 7.20. The Morgan fingerprint density at radius 2 is 2.13 bits per heavy atom. The number of likely N-dealkylation sites (tertiary alicyclic amines) is 1. The van der Waals surface area contributed by atoms with E-state index in [1.165, 1.54) is 44.7 Å². The van der Waals surface area contributed by atoms with Gasteiger partial charge in [0.2, 0.25) is 0 Å². The summed E-state index contributed by atoms with van der Waals surface area (Å²) in [6.07, 6.45) is 7.10. The molecule has 15 heavy (non-hydrogen) atoms. The minimum Gasteiger partial charge on any atom is -0.366 e. The number of primary amides is 1. The van der Waals surface area contributed by atoms with Crippen molar-refractivity contribution in [1.82, 2.24) is 15.1 Å². The molecule has 1 fully saturated rings. The zero-order valence-corrected chi connectivity index (χ0v) is 9.07. The first-order valence-corrected chi connectivity index (χ1v) is 5.17. The van der Waals surface area contributed by atoms with Gasteiger partial charge in [0.25, 0.3) is 5.91 Å². The van der Waals surface area contributed by atoms with E-state index in [2.05, 4.69) is 22.1 Å². The molecule has 0 aliphatic carbocycles. The van der Waals surface area contributed by atoms with Crippen molar-refractivity contribution in [2.45, 2.75) is 19.3 Å². The van der Waals surface area contributed by atoms with Crippen LogP contribution in [-0.2, 0) is 0 Å². The predicted octanol–water partition coefficient (Wildman–Crippen LogP) is 0.611. The molecule has 5 nitrogen and oxygen atoms in total. The van der Waals surface area contributed by atoms with Gasteiger partial charge >= 0.3 is 0 Å². The van der Waals surface area contributed by atoms with Crippen LogP contribution < -0.4 is 5.73 Å². The van der Waals surface area contributed by atoms with E-state index < -0.39 is 5.91 Å². The van der Waals surface area contributed by atoms with Crippen LogP contribution in [0.1, 0.15) is 29.6 Å². The standard InChI is InChI=1S/C6H13N.C4H5N3O/c1-7-5-3-2-4-6-7;5-4(8)3-1-6-7-2-3/h2-6H2,1H3;1-2H,(H2,5,8)(H,6,7). The number of hydrogen-bond donors (Lipinski definition) is 2. The fourth-order valence-corrected chi connectivity index (χ4v) is 1.44. The Morgan fingerprint density at radius 3 is 2.40 bits per heavy atom. The molecule has 1 aliphatic heterocycles. The molecule has 1 aromatic heterocycles. The van der Waals surface area contributed by atoms with Gasteiger partial charge in [0.1, 0.15) is 0 Å². The molecule has 0 spiro atoms. The van der Waals surface area contributed by atoms with Crippen molar-refractivity contribution in [3.63, 3.8) is 0 Å². The number of nitrogens with one attached hydrogen (secondary N) is 1. The second kappa shape index (κ2) is 6.19. The topological polar surface area (TPSA) is 75.0 Å². The van der Waals surface area contributed by atoms with Gasteiger partial charge in [0, 0.05) is 6.20 Å². The first kappa shape index (κ1) is 11.7. The number of H-pyrrole nitrogens is 1. The van der Waals surface area contributed by atoms with E-state index in [9.17, 15) is 4.79 Å². The quantitative estimate of drug-likeness (QED) is 0.713. The minimum absolute atomic E-state index is 0.407. The summed E-state index contributed by atoms with van der Waals surface area (Å²) in [5.41, 5.74) is 5.27. The van der Waals surface area contributed by atoms with Crippen molar-refractivity contribution in [2.24, 2.45) is 5.73 Å². The van der Waals surface area contributed by atoms with Gasteiger partial charge in [-0.2, -0.15) is 5.10 Å². The Labute approximate surface area is 89.6 Å². The molecule has 3 N–H and O–H groups in total. The van der Waals surface area contributed by atoms with E-state index in [4.69, 9.17) is 5.73 Å². The molecule has 0 saturated carbocycles. The molecular formula is C10H18N4O. The molecule has 0 bridgehead atoms. The molecule has 2 rings (SSSR count). The molecule has 2 heterocycles. The normalized spacial score (nSPS) is 16.6. The zero-order chi connectivity index (χ0) is 11.1. The number of carbonyl (C=O) groups is 1. The number of carbonyl (C=O) groups excluding carboxylic acids is 1. The van der Waals surface area contributed by atoms with E-state index in [1.807, 2.05) is 0 Å². The number of hydrogen-bond acceptors (Lipinski definition) is 3. The molecule has 0 aromatic carbocycles. The third kappa shape index (κ3) is 4.60. The van der Waals surface area contributed by atoms with Crippen LogP contribution in [0.5, 0.6) is 0 Å². The summed E-state index contributed by atoms with van der Waals surface area (Å²) in [4.78, 5) is 12.6. The van der Waals surface area contributed by atoms with Crippen LogP contribution in [0.3, 0.4) is 0 Å². The van der Waals surface area contributed by atoms with Gasteiger partial charge < -0.3 is 10.6 Å². The molecule has 1 saturated heterocycles. The van der Waals surface area contributed by atoms with Crippen molar-refractivity contribution in [2.75, 3.05) is 20.1 Å². The zero-order valence-electron chi connectivity index (χ0n) is 9.07. The van der Waals surface area contributed by atoms with Crippen molar-refractivity contribution in [1.29, 1.82) is 0 Å². The number of aromatic nitrogens is 2. The molecule has 1 aromatic rings. The highest BCUT2D eigenvalue weighted by atomic mass is 16.1. The summed E-state index contributed by atoms with van der Waals surface area (Å²) in [6.45, 7) is 2.64. The molecule has 0 unspecified atom stereocenters. The maximum atomic E-state index is 10.2. The fourth-order valence-electron chi connectivity index (χ4n) is 1.44. The van der Waals surface area contributed by atoms with E-state index in [1.54, 1.807) is 0 Å². The second-order valence-electron chi connectivity index (χ2n) is 3.72. The lowest BCUT2D eigenvalue weighted by Crippen LogP contribution is -2.24. The van der Waals surface area contributed by atoms with Crippen molar-refractivity contribution in [3.05, 3.63) is 18.0 Å². The number of aromatic amines is 1. The summed E-state index contributed by atoms with van der Waals surface area (Å²) in [5, 5.41) is 5.98. The largest absolute Gasteiger partial charge is 0.366 e. The van der Waals surface area contributed by atoms with Crippen LogP contribution in [0.25, 0.3) is 0 Å². The number of piperidine rings is 1. The van der Waals surface area contributed by atoms with Crippen molar-refractivity contribution < 1.29 is 4.79 Å². The molecule has 0 radical (unpaired) electrons. The highest BCUT2D eigenvalue weighted by molar-refractivity contribution is 5.92. The van der Waals surface area contributed by atoms with E-state index in [0.717, 1.165) is 0 Å². The number of nitrogens with zero attached hydrogens (tertiary/aromatic N) is 2. The van der Waals surface area contributed by atoms with E-state index >= 15 is 0 Å². The molecule has 84 valence electrons. The summed E-state index contributed by atoms with van der Waals surface area (Å²) in [6, 6.07) is 0. The van der Waals surface area contributed by atoms with Crippen molar-refractivity contribution in [3.8, 4) is 0 Å². The Bertz CT molecular complexity index is 278. The molecule has 5 heteroatoms. The molecule has 1 aliphatic rings. The summed E-state index contributed by atoms with van der Waals surface area (Å²) in [5.74, 6) is -0.459. The van der Waals surface area contributed by atoms with Gasteiger partial charge in [-0.05, 0) is 33.0 Å². The lowest BCUT2D eigenvalue weighted by Gasteiger charge is -2.20. The maximum absolute atomic E-state index is 10.2. The highest BCUT2D eigenvalue weighted by Crippen LogP contribution is 2.04. The van der Waals surface area contributed by atoms with Crippen LogP contribution in [0, 0.1) is 0 Å². The Balaban J connectivity index is 0.000000151. The Morgan fingerprint density at radius 1 is 1.47 bits per heavy atom. The van der Waals surface area contributed by atoms with Crippen LogP contribution >= 0.6 is 0 Å². The molecule has 1 amide bonds. The van der Waals surface area contributed by atoms with E-state index in [0.29, 0.717) is 5.56 Å². The Hall–Kier alpha value is -1.36. The van der Waals surface area contributed by atoms with Gasteiger partial charge in [-0.25, -0.2) is 0 Å². The molecular weight excluding hydrogens is 192 g/mol. The monoisotopic (exact) mass is 210 g/mol. The molecule has 0 atom stereocenters. The van der Waals surface area contributed by atoms with Gasteiger partial charge in [0.15, 0.2) is 0 Å². The summed E-state index contributed by atoms with van der Waals surface area (Å²) in [7, 11) is 2.19. The SMILES string of the molecule is CN1CCCCC1.NC(=O)c1cn[nH]c1. The lowest BCUT2D eigenvalue weighted by atomic mass is 10.1. The smallest absolute Gasteiger partial charge is 0.251 e. The average molecular weight is 210 g/mol. The fraction of sp³-hybridized carbons (Fsp3) is 0.600.